The van der Waals surface area contributed by atoms with Crippen LogP contribution >= 0.6 is 0 Å². The Bertz CT molecular complexity index is 568. The zero-order chi connectivity index (χ0) is 15.1. The first-order valence-electron chi connectivity index (χ1n) is 7.12. The first-order valence-corrected chi connectivity index (χ1v) is 7.12. The van der Waals surface area contributed by atoms with Crippen LogP contribution in [0.3, 0.4) is 0 Å². The van der Waals surface area contributed by atoms with E-state index < -0.39 is 6.10 Å². The van der Waals surface area contributed by atoms with E-state index in [4.69, 9.17) is 4.74 Å². The topological polar surface area (TPSA) is 69.0 Å². The minimum Gasteiger partial charge on any atom is -0.449 e. The van der Waals surface area contributed by atoms with Crippen LogP contribution in [0.1, 0.15) is 26.7 Å². The molecule has 1 heterocycles. The third kappa shape index (κ3) is 4.30. The molecule has 1 aromatic heterocycles. The van der Waals surface area contributed by atoms with Crippen molar-refractivity contribution < 1.29 is 9.53 Å². The van der Waals surface area contributed by atoms with Gasteiger partial charge in [-0.2, -0.15) is 4.98 Å². The number of benzene rings is 1. The van der Waals surface area contributed by atoms with Gasteiger partial charge in [0.25, 0.3) is 5.91 Å². The molecule has 21 heavy (non-hydrogen) atoms. The second-order valence-corrected chi connectivity index (χ2v) is 4.71. The van der Waals surface area contributed by atoms with Crippen molar-refractivity contribution >= 4 is 5.91 Å². The van der Waals surface area contributed by atoms with Crippen molar-refractivity contribution in [2.75, 3.05) is 6.54 Å². The van der Waals surface area contributed by atoms with Crippen molar-refractivity contribution in [1.29, 1.82) is 0 Å². The zero-order valence-electron chi connectivity index (χ0n) is 12.3. The van der Waals surface area contributed by atoms with Gasteiger partial charge in [0.15, 0.2) is 6.10 Å². The van der Waals surface area contributed by atoms with E-state index >= 15 is 0 Å². The average Bonchev–Trinajstić information content (AvgIpc) is 2.97. The molecule has 0 aliphatic heterocycles. The van der Waals surface area contributed by atoms with Gasteiger partial charge in [-0.15, -0.1) is 5.10 Å². The molecule has 0 bridgehead atoms. The summed E-state index contributed by atoms with van der Waals surface area (Å²) in [6, 6.07) is 9.79. The van der Waals surface area contributed by atoms with Crippen molar-refractivity contribution in [2.24, 2.45) is 0 Å². The summed E-state index contributed by atoms with van der Waals surface area (Å²) in [6.45, 7) is 4.42. The van der Waals surface area contributed by atoms with Crippen molar-refractivity contribution in [3.63, 3.8) is 0 Å². The second kappa shape index (κ2) is 7.42. The Hall–Kier alpha value is -2.37. The summed E-state index contributed by atoms with van der Waals surface area (Å²) in [4.78, 5) is 15.9. The maximum Gasteiger partial charge on any atom is 0.336 e. The number of hydrogen-bond donors (Lipinski definition) is 1. The first kappa shape index (κ1) is 15.0. The van der Waals surface area contributed by atoms with Crippen LogP contribution < -0.4 is 10.1 Å². The number of aromatic nitrogens is 3. The lowest BCUT2D eigenvalue weighted by Crippen LogP contribution is -2.37. The van der Waals surface area contributed by atoms with Crippen molar-refractivity contribution in [2.45, 2.75) is 32.8 Å². The highest BCUT2D eigenvalue weighted by Gasteiger charge is 2.16. The van der Waals surface area contributed by atoms with Crippen LogP contribution in [0.4, 0.5) is 0 Å². The Morgan fingerprint density at radius 3 is 2.86 bits per heavy atom. The molecule has 2 aromatic rings. The van der Waals surface area contributed by atoms with Gasteiger partial charge in [-0.1, -0.05) is 31.5 Å². The van der Waals surface area contributed by atoms with E-state index in [1.54, 1.807) is 17.9 Å². The fourth-order valence-electron chi connectivity index (χ4n) is 1.75. The van der Waals surface area contributed by atoms with Gasteiger partial charge >= 0.3 is 6.01 Å². The fourth-order valence-corrected chi connectivity index (χ4v) is 1.75. The van der Waals surface area contributed by atoms with Gasteiger partial charge in [0.05, 0.1) is 5.69 Å². The van der Waals surface area contributed by atoms with E-state index in [0.29, 0.717) is 6.54 Å². The normalized spacial score (nSPS) is 11.9. The molecule has 112 valence electrons. The number of unbranched alkanes of at least 4 members (excludes halogenated alkanes) is 1. The van der Waals surface area contributed by atoms with Crippen LogP contribution in [0.15, 0.2) is 36.7 Å². The molecule has 0 aliphatic carbocycles. The third-order valence-electron chi connectivity index (χ3n) is 2.97. The number of nitrogens with one attached hydrogen (secondary N) is 1. The molecule has 1 unspecified atom stereocenters. The predicted octanol–water partition coefficient (Wildman–Crippen LogP) is 1.95. The zero-order valence-corrected chi connectivity index (χ0v) is 12.3. The second-order valence-electron chi connectivity index (χ2n) is 4.71. The van der Waals surface area contributed by atoms with Crippen molar-refractivity contribution in [1.82, 2.24) is 20.1 Å². The van der Waals surface area contributed by atoms with Gasteiger partial charge in [-0.05, 0) is 25.5 Å². The molecular weight excluding hydrogens is 268 g/mol. The van der Waals surface area contributed by atoms with E-state index in [-0.39, 0.29) is 11.9 Å². The Labute approximate surface area is 124 Å². The Kier molecular flexibility index (Phi) is 5.31. The van der Waals surface area contributed by atoms with E-state index in [1.165, 1.54) is 0 Å². The average molecular weight is 288 g/mol. The van der Waals surface area contributed by atoms with Gasteiger partial charge in [-0.3, -0.25) is 4.79 Å². The summed E-state index contributed by atoms with van der Waals surface area (Å²) in [7, 11) is 0. The van der Waals surface area contributed by atoms with Crippen molar-refractivity contribution in [3.8, 4) is 11.7 Å². The number of carbonyl (C=O) groups is 1. The Morgan fingerprint density at radius 1 is 1.38 bits per heavy atom. The molecule has 0 aliphatic rings. The van der Waals surface area contributed by atoms with E-state index in [1.807, 2.05) is 30.3 Å². The highest BCUT2D eigenvalue weighted by atomic mass is 16.5. The number of carbonyl (C=O) groups excluding carboxylic acids is 1. The first-order chi connectivity index (χ1) is 10.2. The lowest BCUT2D eigenvalue weighted by atomic mass is 10.3. The summed E-state index contributed by atoms with van der Waals surface area (Å²) in [5.41, 5.74) is 0.889. The maximum absolute atomic E-state index is 11.8. The monoisotopic (exact) mass is 288 g/mol. The molecule has 0 fully saturated rings. The molecule has 6 heteroatoms. The quantitative estimate of drug-likeness (QED) is 0.791. The summed E-state index contributed by atoms with van der Waals surface area (Å²) >= 11 is 0. The van der Waals surface area contributed by atoms with Gasteiger partial charge in [0.1, 0.15) is 6.33 Å². The minimum atomic E-state index is -0.617. The summed E-state index contributed by atoms with van der Waals surface area (Å²) in [6.07, 6.45) is 2.94. The summed E-state index contributed by atoms with van der Waals surface area (Å²) < 4.78 is 7.06. The van der Waals surface area contributed by atoms with E-state index in [9.17, 15) is 4.79 Å². The fraction of sp³-hybridized carbons (Fsp3) is 0.400. The standard InChI is InChI=1S/C15H20N4O2/c1-3-4-10-16-14(20)12(2)21-15-17-11-19(18-15)13-8-6-5-7-9-13/h5-9,11-12H,3-4,10H2,1-2H3,(H,16,20). The lowest BCUT2D eigenvalue weighted by Gasteiger charge is -2.11. The van der Waals surface area contributed by atoms with Crippen LogP contribution in [0, 0.1) is 0 Å². The van der Waals surface area contributed by atoms with E-state index in [2.05, 4.69) is 22.3 Å². The SMILES string of the molecule is CCCCNC(=O)C(C)Oc1ncn(-c2ccccc2)n1. The molecule has 1 atom stereocenters. The van der Waals surface area contributed by atoms with Crippen LogP contribution in [-0.4, -0.2) is 33.3 Å². The van der Waals surface area contributed by atoms with E-state index in [0.717, 1.165) is 18.5 Å². The Morgan fingerprint density at radius 2 is 2.14 bits per heavy atom. The predicted molar refractivity (Wildman–Crippen MR) is 79.4 cm³/mol. The number of rotatable bonds is 7. The number of hydrogen-bond acceptors (Lipinski definition) is 4. The van der Waals surface area contributed by atoms with Crippen LogP contribution in [0.5, 0.6) is 6.01 Å². The molecule has 1 aromatic carbocycles. The molecule has 0 saturated carbocycles. The van der Waals surface area contributed by atoms with Crippen LogP contribution in [0.2, 0.25) is 0 Å². The maximum atomic E-state index is 11.8. The van der Waals surface area contributed by atoms with Gasteiger partial charge < -0.3 is 10.1 Å². The van der Waals surface area contributed by atoms with Crippen LogP contribution in [0.25, 0.3) is 5.69 Å². The summed E-state index contributed by atoms with van der Waals surface area (Å²) in [5, 5.41) is 7.02. The number of nitrogens with zero attached hydrogens (tertiary/aromatic N) is 3. The molecule has 0 radical (unpaired) electrons. The number of ether oxygens (including phenoxy) is 1. The summed E-state index contributed by atoms with van der Waals surface area (Å²) in [5.74, 6) is -0.153. The lowest BCUT2D eigenvalue weighted by molar-refractivity contribution is -0.127. The molecule has 6 nitrogen and oxygen atoms in total. The molecular formula is C15H20N4O2. The smallest absolute Gasteiger partial charge is 0.336 e. The minimum absolute atomic E-state index is 0.153. The van der Waals surface area contributed by atoms with Gasteiger partial charge in [0.2, 0.25) is 0 Å². The van der Waals surface area contributed by atoms with Crippen LogP contribution in [-0.2, 0) is 4.79 Å². The molecule has 1 N–H and O–H groups in total. The molecule has 1 amide bonds. The molecule has 0 saturated heterocycles. The van der Waals surface area contributed by atoms with Gasteiger partial charge in [-0.25, -0.2) is 4.68 Å². The molecule has 2 rings (SSSR count). The van der Waals surface area contributed by atoms with Crippen molar-refractivity contribution in [3.05, 3.63) is 36.7 Å². The largest absolute Gasteiger partial charge is 0.449 e. The third-order valence-corrected chi connectivity index (χ3v) is 2.97. The Balaban J connectivity index is 1.91. The number of para-hydroxylation sites is 1. The number of amides is 1. The molecule has 0 spiro atoms. The van der Waals surface area contributed by atoms with Gasteiger partial charge in [0, 0.05) is 6.54 Å². The highest BCUT2D eigenvalue weighted by molar-refractivity contribution is 5.80. The highest BCUT2D eigenvalue weighted by Crippen LogP contribution is 2.09.